The largest absolute Gasteiger partial charge is 0.325 e. The fourth-order valence-electron chi connectivity index (χ4n) is 2.76. The van der Waals surface area contributed by atoms with Gasteiger partial charge in [0.15, 0.2) is 0 Å². The SMILES string of the molecule is CCCN(CC)CCN1C(=O)C2(CC2)NC1C. The zero-order valence-electron chi connectivity index (χ0n) is 11.3. The van der Waals surface area contributed by atoms with Gasteiger partial charge in [0.25, 0.3) is 0 Å². The van der Waals surface area contributed by atoms with Gasteiger partial charge in [0, 0.05) is 13.1 Å². The van der Waals surface area contributed by atoms with Crippen LogP contribution in [0.15, 0.2) is 0 Å². The number of likely N-dealkylation sites (N-methyl/N-ethyl adjacent to an activating group) is 1. The molecular formula is C13H25N3O. The standard InChI is InChI=1S/C13H25N3O/c1-4-8-15(5-2)9-10-16-11(3)14-13(6-7-13)12(16)17/h11,14H,4-10H2,1-3H3. The van der Waals surface area contributed by atoms with Crippen molar-refractivity contribution < 1.29 is 4.79 Å². The summed E-state index contributed by atoms with van der Waals surface area (Å²) in [6, 6.07) is 0. The van der Waals surface area contributed by atoms with Crippen molar-refractivity contribution in [3.63, 3.8) is 0 Å². The van der Waals surface area contributed by atoms with Gasteiger partial charge in [-0.3, -0.25) is 10.1 Å². The molecule has 2 rings (SSSR count). The molecular weight excluding hydrogens is 214 g/mol. The van der Waals surface area contributed by atoms with E-state index in [1.807, 2.05) is 4.90 Å². The Morgan fingerprint density at radius 1 is 1.41 bits per heavy atom. The van der Waals surface area contributed by atoms with Crippen LogP contribution in [0.25, 0.3) is 0 Å². The number of nitrogens with one attached hydrogen (secondary N) is 1. The second-order valence-electron chi connectivity index (χ2n) is 5.34. The lowest BCUT2D eigenvalue weighted by Crippen LogP contribution is -2.41. The van der Waals surface area contributed by atoms with Crippen LogP contribution in [-0.2, 0) is 4.79 Å². The fraction of sp³-hybridized carbons (Fsp3) is 0.923. The molecule has 0 radical (unpaired) electrons. The lowest BCUT2D eigenvalue weighted by atomic mass is 10.3. The third-order valence-corrected chi connectivity index (χ3v) is 4.02. The van der Waals surface area contributed by atoms with Gasteiger partial charge in [0.05, 0.1) is 11.7 Å². The van der Waals surface area contributed by atoms with Crippen molar-refractivity contribution in [3.8, 4) is 0 Å². The average Bonchev–Trinajstić information content (AvgIpc) is 3.03. The molecule has 1 unspecified atom stereocenters. The minimum absolute atomic E-state index is 0.152. The zero-order valence-corrected chi connectivity index (χ0v) is 11.3. The van der Waals surface area contributed by atoms with Crippen molar-refractivity contribution in [2.45, 2.75) is 51.7 Å². The smallest absolute Gasteiger partial charge is 0.244 e. The lowest BCUT2D eigenvalue weighted by molar-refractivity contribution is -0.130. The number of amides is 1. The minimum atomic E-state index is -0.152. The van der Waals surface area contributed by atoms with Crippen LogP contribution in [0, 0.1) is 0 Å². The van der Waals surface area contributed by atoms with Crippen molar-refractivity contribution in [1.29, 1.82) is 0 Å². The highest BCUT2D eigenvalue weighted by Gasteiger charge is 2.57. The van der Waals surface area contributed by atoms with Crippen molar-refractivity contribution in [2.24, 2.45) is 0 Å². The Labute approximate surface area is 104 Å². The first kappa shape index (κ1) is 12.8. The van der Waals surface area contributed by atoms with Gasteiger partial charge in [0.1, 0.15) is 0 Å². The van der Waals surface area contributed by atoms with Crippen LogP contribution < -0.4 is 5.32 Å². The van der Waals surface area contributed by atoms with Gasteiger partial charge in [-0.1, -0.05) is 13.8 Å². The maximum atomic E-state index is 12.2. The van der Waals surface area contributed by atoms with Crippen molar-refractivity contribution in [1.82, 2.24) is 15.1 Å². The Balaban J connectivity index is 1.84. The van der Waals surface area contributed by atoms with Crippen LogP contribution >= 0.6 is 0 Å². The molecule has 1 atom stereocenters. The second-order valence-corrected chi connectivity index (χ2v) is 5.34. The molecule has 4 nitrogen and oxygen atoms in total. The van der Waals surface area contributed by atoms with E-state index in [2.05, 4.69) is 31.0 Å². The predicted octanol–water partition coefficient (Wildman–Crippen LogP) is 1.03. The first-order valence-corrected chi connectivity index (χ1v) is 6.94. The Kier molecular flexibility index (Phi) is 3.73. The van der Waals surface area contributed by atoms with Crippen molar-refractivity contribution in [2.75, 3.05) is 26.2 Å². The molecule has 1 heterocycles. The summed E-state index contributed by atoms with van der Waals surface area (Å²) in [5, 5.41) is 3.44. The molecule has 2 fully saturated rings. The Hall–Kier alpha value is -0.610. The summed E-state index contributed by atoms with van der Waals surface area (Å²) in [6.45, 7) is 10.6. The molecule has 1 saturated carbocycles. The molecule has 4 heteroatoms. The molecule has 17 heavy (non-hydrogen) atoms. The van der Waals surface area contributed by atoms with Crippen LogP contribution in [0.4, 0.5) is 0 Å². The van der Waals surface area contributed by atoms with Gasteiger partial charge in [-0.2, -0.15) is 0 Å². The summed E-state index contributed by atoms with van der Waals surface area (Å²) in [6.07, 6.45) is 3.45. The molecule has 0 aromatic heterocycles. The quantitative estimate of drug-likeness (QED) is 0.752. The highest BCUT2D eigenvalue weighted by atomic mass is 16.2. The zero-order chi connectivity index (χ0) is 12.5. The summed E-state index contributed by atoms with van der Waals surface area (Å²) >= 11 is 0. The third kappa shape index (κ3) is 2.47. The van der Waals surface area contributed by atoms with Gasteiger partial charge in [-0.15, -0.1) is 0 Å². The summed E-state index contributed by atoms with van der Waals surface area (Å²) in [5.74, 6) is 0.331. The van der Waals surface area contributed by atoms with E-state index in [-0.39, 0.29) is 11.7 Å². The van der Waals surface area contributed by atoms with Crippen LogP contribution in [-0.4, -0.2) is 53.6 Å². The van der Waals surface area contributed by atoms with Crippen LogP contribution in [0.3, 0.4) is 0 Å². The van der Waals surface area contributed by atoms with Crippen LogP contribution in [0.2, 0.25) is 0 Å². The minimum Gasteiger partial charge on any atom is -0.325 e. The molecule has 1 aliphatic heterocycles. The number of hydrogen-bond acceptors (Lipinski definition) is 3. The molecule has 1 N–H and O–H groups in total. The average molecular weight is 239 g/mol. The molecule has 1 spiro atoms. The number of nitrogens with zero attached hydrogens (tertiary/aromatic N) is 2. The Bertz CT molecular complexity index is 288. The summed E-state index contributed by atoms with van der Waals surface area (Å²) < 4.78 is 0. The lowest BCUT2D eigenvalue weighted by Gasteiger charge is -2.26. The van der Waals surface area contributed by atoms with Gasteiger partial charge >= 0.3 is 0 Å². The first-order chi connectivity index (χ1) is 8.13. The van der Waals surface area contributed by atoms with E-state index < -0.39 is 0 Å². The Morgan fingerprint density at radius 2 is 2.12 bits per heavy atom. The van der Waals surface area contributed by atoms with E-state index in [0.717, 1.165) is 39.0 Å². The van der Waals surface area contributed by atoms with Gasteiger partial charge in [-0.25, -0.2) is 0 Å². The number of hydrogen-bond donors (Lipinski definition) is 1. The molecule has 2 aliphatic rings. The van der Waals surface area contributed by atoms with Gasteiger partial charge in [0.2, 0.25) is 5.91 Å². The van der Waals surface area contributed by atoms with E-state index in [1.165, 1.54) is 6.42 Å². The summed E-state index contributed by atoms with van der Waals surface area (Å²) in [7, 11) is 0. The molecule has 1 aliphatic carbocycles. The highest BCUT2D eigenvalue weighted by Crippen LogP contribution is 2.41. The van der Waals surface area contributed by atoms with E-state index in [0.29, 0.717) is 5.91 Å². The van der Waals surface area contributed by atoms with Crippen LogP contribution in [0.5, 0.6) is 0 Å². The number of rotatable bonds is 6. The normalized spacial score (nSPS) is 26.2. The number of carbonyl (C=O) groups is 1. The fourth-order valence-corrected chi connectivity index (χ4v) is 2.76. The monoisotopic (exact) mass is 239 g/mol. The number of carbonyl (C=O) groups excluding carboxylic acids is 1. The van der Waals surface area contributed by atoms with Crippen LogP contribution in [0.1, 0.15) is 40.0 Å². The van der Waals surface area contributed by atoms with E-state index >= 15 is 0 Å². The first-order valence-electron chi connectivity index (χ1n) is 6.94. The van der Waals surface area contributed by atoms with Crippen molar-refractivity contribution >= 4 is 5.91 Å². The topological polar surface area (TPSA) is 35.6 Å². The highest BCUT2D eigenvalue weighted by molar-refractivity contribution is 5.91. The predicted molar refractivity (Wildman–Crippen MR) is 68.7 cm³/mol. The summed E-state index contributed by atoms with van der Waals surface area (Å²) in [5.41, 5.74) is -0.152. The van der Waals surface area contributed by atoms with E-state index in [1.54, 1.807) is 0 Å². The second kappa shape index (κ2) is 4.94. The molecule has 1 saturated heterocycles. The molecule has 98 valence electrons. The maximum absolute atomic E-state index is 12.2. The molecule has 0 aromatic carbocycles. The Morgan fingerprint density at radius 3 is 2.59 bits per heavy atom. The van der Waals surface area contributed by atoms with Gasteiger partial charge in [-0.05, 0) is 39.3 Å². The van der Waals surface area contributed by atoms with Gasteiger partial charge < -0.3 is 9.80 Å². The third-order valence-electron chi connectivity index (χ3n) is 4.02. The molecule has 1 amide bonds. The van der Waals surface area contributed by atoms with E-state index in [4.69, 9.17) is 0 Å². The maximum Gasteiger partial charge on any atom is 0.244 e. The molecule has 0 aromatic rings. The van der Waals surface area contributed by atoms with Crippen molar-refractivity contribution in [3.05, 3.63) is 0 Å². The summed E-state index contributed by atoms with van der Waals surface area (Å²) in [4.78, 5) is 16.6. The van der Waals surface area contributed by atoms with E-state index in [9.17, 15) is 4.79 Å². The molecule has 0 bridgehead atoms.